The van der Waals surface area contributed by atoms with Crippen LogP contribution >= 0.6 is 0 Å². The van der Waals surface area contributed by atoms with Crippen molar-refractivity contribution in [3.05, 3.63) is 23.9 Å². The molecule has 2 N–H and O–H groups in total. The summed E-state index contributed by atoms with van der Waals surface area (Å²) in [5.74, 6) is 0.926. The SMILES string of the molecule is CCN1CCN(c2ccc(CNC(=O)CC3(O)CCCC3)cn2)CC1. The van der Waals surface area contributed by atoms with Crippen LogP contribution in [0.3, 0.4) is 0 Å². The number of amides is 1. The Morgan fingerprint density at radius 2 is 1.96 bits per heavy atom. The Hall–Kier alpha value is -1.66. The van der Waals surface area contributed by atoms with Crippen molar-refractivity contribution in [2.75, 3.05) is 37.6 Å². The summed E-state index contributed by atoms with van der Waals surface area (Å²) in [7, 11) is 0. The van der Waals surface area contributed by atoms with E-state index in [0.717, 1.165) is 69.8 Å². The lowest BCUT2D eigenvalue weighted by Gasteiger charge is -2.34. The third kappa shape index (κ3) is 4.92. The van der Waals surface area contributed by atoms with Crippen molar-refractivity contribution < 1.29 is 9.90 Å². The number of aromatic nitrogens is 1. The highest BCUT2D eigenvalue weighted by Crippen LogP contribution is 2.32. The molecule has 0 radical (unpaired) electrons. The van der Waals surface area contributed by atoms with Crippen LogP contribution in [-0.4, -0.2) is 59.2 Å². The molecule has 2 heterocycles. The van der Waals surface area contributed by atoms with Crippen LogP contribution < -0.4 is 10.2 Å². The highest BCUT2D eigenvalue weighted by molar-refractivity contribution is 5.77. The summed E-state index contributed by atoms with van der Waals surface area (Å²) in [6, 6.07) is 4.06. The molecular weight excluding hydrogens is 316 g/mol. The molecule has 1 aliphatic heterocycles. The predicted octanol–water partition coefficient (Wildman–Crippen LogP) is 1.53. The highest BCUT2D eigenvalue weighted by atomic mass is 16.3. The van der Waals surface area contributed by atoms with E-state index in [1.54, 1.807) is 0 Å². The molecule has 0 aromatic carbocycles. The molecule has 6 nitrogen and oxygen atoms in total. The van der Waals surface area contributed by atoms with E-state index in [9.17, 15) is 9.90 Å². The summed E-state index contributed by atoms with van der Waals surface area (Å²) < 4.78 is 0. The average Bonchev–Trinajstić information content (AvgIpc) is 3.06. The lowest BCUT2D eigenvalue weighted by Crippen LogP contribution is -2.46. The van der Waals surface area contributed by atoms with Crippen LogP contribution in [0.1, 0.15) is 44.6 Å². The lowest BCUT2D eigenvalue weighted by molar-refractivity contribution is -0.126. The number of anilines is 1. The summed E-state index contributed by atoms with van der Waals surface area (Å²) in [6.07, 6.45) is 5.56. The molecule has 3 rings (SSSR count). The number of aliphatic hydroxyl groups is 1. The second kappa shape index (κ2) is 8.15. The minimum atomic E-state index is -0.785. The normalized spacial score (nSPS) is 20.6. The Morgan fingerprint density at radius 3 is 2.56 bits per heavy atom. The van der Waals surface area contributed by atoms with Gasteiger partial charge < -0.3 is 20.2 Å². The van der Waals surface area contributed by atoms with Gasteiger partial charge in [-0.25, -0.2) is 4.98 Å². The van der Waals surface area contributed by atoms with Gasteiger partial charge in [0.05, 0.1) is 12.0 Å². The van der Waals surface area contributed by atoms with Crippen molar-refractivity contribution in [1.29, 1.82) is 0 Å². The molecule has 2 aliphatic rings. The van der Waals surface area contributed by atoms with E-state index < -0.39 is 5.60 Å². The number of carbonyl (C=O) groups excluding carboxylic acids is 1. The molecule has 1 saturated heterocycles. The molecule has 2 fully saturated rings. The Balaban J connectivity index is 1.45. The molecule has 0 atom stereocenters. The van der Waals surface area contributed by atoms with E-state index in [0.29, 0.717) is 6.54 Å². The standard InChI is InChI=1S/C19H30N4O2/c1-2-22-9-11-23(12-10-22)17-6-5-16(14-20-17)15-21-18(24)13-19(25)7-3-4-8-19/h5-6,14,25H,2-4,7-13,15H2,1H3,(H,21,24). The van der Waals surface area contributed by atoms with Gasteiger partial charge in [0.25, 0.3) is 0 Å². The first kappa shape index (κ1) is 18.1. The molecule has 1 saturated carbocycles. The summed E-state index contributed by atoms with van der Waals surface area (Å²) in [5, 5.41) is 13.2. The number of hydrogen-bond acceptors (Lipinski definition) is 5. The fraction of sp³-hybridized carbons (Fsp3) is 0.684. The topological polar surface area (TPSA) is 68.7 Å². The van der Waals surface area contributed by atoms with E-state index in [-0.39, 0.29) is 12.3 Å². The first-order chi connectivity index (χ1) is 12.1. The average molecular weight is 346 g/mol. The second-order valence-corrected chi connectivity index (χ2v) is 7.33. The largest absolute Gasteiger partial charge is 0.389 e. The molecule has 138 valence electrons. The minimum Gasteiger partial charge on any atom is -0.389 e. The van der Waals surface area contributed by atoms with Gasteiger partial charge >= 0.3 is 0 Å². The molecule has 6 heteroatoms. The van der Waals surface area contributed by atoms with Crippen LogP contribution in [0.25, 0.3) is 0 Å². The molecule has 25 heavy (non-hydrogen) atoms. The number of piperazine rings is 1. The van der Waals surface area contributed by atoms with E-state index in [1.807, 2.05) is 18.3 Å². The molecule has 1 aromatic heterocycles. The van der Waals surface area contributed by atoms with Crippen LogP contribution in [0.15, 0.2) is 18.3 Å². The van der Waals surface area contributed by atoms with Crippen LogP contribution in [0, 0.1) is 0 Å². The third-order valence-electron chi connectivity index (χ3n) is 5.47. The minimum absolute atomic E-state index is 0.0795. The van der Waals surface area contributed by atoms with Crippen molar-refractivity contribution in [2.45, 2.75) is 51.2 Å². The van der Waals surface area contributed by atoms with E-state index >= 15 is 0 Å². The highest BCUT2D eigenvalue weighted by Gasteiger charge is 2.33. The molecular formula is C19H30N4O2. The smallest absolute Gasteiger partial charge is 0.223 e. The Bertz CT molecular complexity index is 561. The predicted molar refractivity (Wildman–Crippen MR) is 98.4 cm³/mol. The van der Waals surface area contributed by atoms with Gasteiger partial charge in [-0.1, -0.05) is 25.8 Å². The van der Waals surface area contributed by atoms with Crippen LogP contribution in [0.4, 0.5) is 5.82 Å². The lowest BCUT2D eigenvalue weighted by atomic mass is 9.98. The number of likely N-dealkylation sites (N-methyl/N-ethyl adjacent to an activating group) is 1. The maximum Gasteiger partial charge on any atom is 0.223 e. The van der Waals surface area contributed by atoms with Crippen molar-refractivity contribution in [2.24, 2.45) is 0 Å². The monoisotopic (exact) mass is 346 g/mol. The van der Waals surface area contributed by atoms with E-state index in [4.69, 9.17) is 0 Å². The Morgan fingerprint density at radius 1 is 1.24 bits per heavy atom. The van der Waals surface area contributed by atoms with E-state index in [2.05, 4.69) is 27.0 Å². The molecule has 0 unspecified atom stereocenters. The van der Waals surface area contributed by atoms with Gasteiger partial charge in [0.2, 0.25) is 5.91 Å². The van der Waals surface area contributed by atoms with Gasteiger partial charge in [0.1, 0.15) is 5.82 Å². The number of carbonyl (C=O) groups is 1. The number of hydrogen-bond donors (Lipinski definition) is 2. The number of pyridine rings is 1. The third-order valence-corrected chi connectivity index (χ3v) is 5.47. The number of nitrogens with zero attached hydrogens (tertiary/aromatic N) is 3. The molecule has 0 spiro atoms. The first-order valence-corrected chi connectivity index (χ1v) is 9.49. The van der Waals surface area contributed by atoms with Gasteiger partial charge in [0, 0.05) is 38.9 Å². The Labute approximate surface area is 150 Å². The van der Waals surface area contributed by atoms with Crippen LogP contribution in [0.5, 0.6) is 0 Å². The van der Waals surface area contributed by atoms with Gasteiger partial charge in [-0.2, -0.15) is 0 Å². The van der Waals surface area contributed by atoms with Gasteiger partial charge in [0.15, 0.2) is 0 Å². The molecule has 0 bridgehead atoms. The van der Waals surface area contributed by atoms with E-state index in [1.165, 1.54) is 0 Å². The molecule has 1 aromatic rings. The molecule has 1 aliphatic carbocycles. The summed E-state index contributed by atoms with van der Waals surface area (Å²) in [5.41, 5.74) is 0.204. The number of rotatable bonds is 6. The fourth-order valence-corrected chi connectivity index (χ4v) is 3.77. The number of nitrogens with one attached hydrogen (secondary N) is 1. The zero-order chi connectivity index (χ0) is 17.7. The van der Waals surface area contributed by atoms with Gasteiger partial charge in [-0.15, -0.1) is 0 Å². The summed E-state index contributed by atoms with van der Waals surface area (Å²) >= 11 is 0. The summed E-state index contributed by atoms with van der Waals surface area (Å²) in [6.45, 7) is 7.95. The van der Waals surface area contributed by atoms with Crippen molar-refractivity contribution in [3.63, 3.8) is 0 Å². The zero-order valence-corrected chi connectivity index (χ0v) is 15.2. The zero-order valence-electron chi connectivity index (χ0n) is 15.2. The van der Waals surface area contributed by atoms with Crippen LogP contribution in [-0.2, 0) is 11.3 Å². The summed E-state index contributed by atoms with van der Waals surface area (Å²) in [4.78, 5) is 21.4. The maximum atomic E-state index is 12.0. The Kier molecular flexibility index (Phi) is 5.91. The van der Waals surface area contributed by atoms with Gasteiger partial charge in [-0.05, 0) is 31.0 Å². The van der Waals surface area contributed by atoms with Crippen molar-refractivity contribution in [3.8, 4) is 0 Å². The van der Waals surface area contributed by atoms with Crippen LogP contribution in [0.2, 0.25) is 0 Å². The first-order valence-electron chi connectivity index (χ1n) is 9.49. The van der Waals surface area contributed by atoms with Crippen molar-refractivity contribution >= 4 is 11.7 Å². The molecule has 1 amide bonds. The second-order valence-electron chi connectivity index (χ2n) is 7.33. The van der Waals surface area contributed by atoms with Crippen molar-refractivity contribution in [1.82, 2.24) is 15.2 Å². The fourth-order valence-electron chi connectivity index (χ4n) is 3.77. The maximum absolute atomic E-state index is 12.0. The quantitative estimate of drug-likeness (QED) is 0.818. The van der Waals surface area contributed by atoms with Gasteiger partial charge in [-0.3, -0.25) is 4.79 Å².